The Balaban J connectivity index is 2.12. The molecule has 0 N–H and O–H groups in total. The standard InChI is InChI=1S/C32H44F3NO3Si/c1-30(2,3)40(7,8)39-26-17-31(4,5)16-24-29(26)27(21-11-9-10-12-21)28(25(36-24)19-38-6)22-15-20(18-37)13-14-23(22)32(33,34)35/h13-15,18,21,26H,9-12,16-17,19H2,1-8H3/t26-/m0/s1. The molecule has 1 fully saturated rings. The number of benzene rings is 1. The molecule has 1 saturated carbocycles. The van der Waals surface area contributed by atoms with Crippen molar-refractivity contribution in [1.82, 2.24) is 4.98 Å². The van der Waals surface area contributed by atoms with Gasteiger partial charge in [-0.1, -0.05) is 53.5 Å². The van der Waals surface area contributed by atoms with Crippen molar-refractivity contribution in [2.75, 3.05) is 7.11 Å². The van der Waals surface area contributed by atoms with Gasteiger partial charge in [-0.15, -0.1) is 0 Å². The Morgan fingerprint density at radius 2 is 1.75 bits per heavy atom. The van der Waals surface area contributed by atoms with Gasteiger partial charge in [0.25, 0.3) is 0 Å². The van der Waals surface area contributed by atoms with Gasteiger partial charge in [0.1, 0.15) is 6.29 Å². The number of carbonyl (C=O) groups excluding carboxylic acids is 1. The smallest absolute Gasteiger partial charge is 0.410 e. The number of halogens is 3. The Kier molecular flexibility index (Phi) is 8.49. The molecule has 0 bridgehead atoms. The van der Waals surface area contributed by atoms with E-state index in [4.69, 9.17) is 14.1 Å². The predicted octanol–water partition coefficient (Wildman–Crippen LogP) is 9.42. The Morgan fingerprint density at radius 3 is 2.30 bits per heavy atom. The van der Waals surface area contributed by atoms with Gasteiger partial charge in [0.15, 0.2) is 8.32 Å². The number of alkyl halides is 3. The quantitative estimate of drug-likeness (QED) is 0.244. The topological polar surface area (TPSA) is 48.4 Å². The van der Waals surface area contributed by atoms with Crippen molar-refractivity contribution in [2.45, 2.75) is 116 Å². The molecule has 4 nitrogen and oxygen atoms in total. The number of rotatable bonds is 7. The van der Waals surface area contributed by atoms with Crippen molar-refractivity contribution in [1.29, 1.82) is 0 Å². The highest BCUT2D eigenvalue weighted by Crippen LogP contribution is 2.54. The molecule has 1 aromatic carbocycles. The lowest BCUT2D eigenvalue weighted by atomic mass is 9.70. The Morgan fingerprint density at radius 1 is 1.10 bits per heavy atom. The highest BCUT2D eigenvalue weighted by Gasteiger charge is 2.46. The number of hydrogen-bond acceptors (Lipinski definition) is 4. The number of fused-ring (bicyclic) bond motifs is 1. The Labute approximate surface area is 238 Å². The first kappa shape index (κ1) is 30.9. The van der Waals surface area contributed by atoms with Gasteiger partial charge >= 0.3 is 6.18 Å². The van der Waals surface area contributed by atoms with E-state index in [0.717, 1.165) is 61.4 Å². The van der Waals surface area contributed by atoms with E-state index in [1.807, 2.05) is 0 Å². The number of aromatic nitrogens is 1. The van der Waals surface area contributed by atoms with Gasteiger partial charge in [-0.3, -0.25) is 9.78 Å². The predicted molar refractivity (Wildman–Crippen MR) is 155 cm³/mol. The molecule has 0 amide bonds. The molecule has 220 valence electrons. The molecular weight excluding hydrogens is 531 g/mol. The van der Waals surface area contributed by atoms with Crippen molar-refractivity contribution < 1.29 is 27.1 Å². The van der Waals surface area contributed by atoms with Crippen LogP contribution in [0.1, 0.15) is 117 Å². The summed E-state index contributed by atoms with van der Waals surface area (Å²) in [5, 5.41) is -0.0315. The molecule has 0 unspecified atom stereocenters. The lowest BCUT2D eigenvalue weighted by Crippen LogP contribution is -2.44. The van der Waals surface area contributed by atoms with Crippen LogP contribution in [0.2, 0.25) is 18.1 Å². The SMILES string of the molecule is COCc1nc2c(c(C3CCCC3)c1-c1cc(C=O)ccc1C(F)(F)F)[C@@H](O[Si](C)(C)C(C)(C)C)CC(C)(C)C2. The summed E-state index contributed by atoms with van der Waals surface area (Å²) in [4.78, 5) is 16.9. The minimum Gasteiger partial charge on any atom is -0.410 e. The van der Waals surface area contributed by atoms with E-state index in [1.54, 1.807) is 7.11 Å². The van der Waals surface area contributed by atoms with Gasteiger partial charge in [-0.2, -0.15) is 13.2 Å². The maximum Gasteiger partial charge on any atom is 0.417 e. The van der Waals surface area contributed by atoms with Crippen LogP contribution < -0.4 is 0 Å². The highest BCUT2D eigenvalue weighted by atomic mass is 28.4. The van der Waals surface area contributed by atoms with E-state index < -0.39 is 20.1 Å². The lowest BCUT2D eigenvalue weighted by Gasteiger charge is -2.45. The summed E-state index contributed by atoms with van der Waals surface area (Å²) in [6.45, 7) is 15.6. The average molecular weight is 576 g/mol. The molecule has 1 heterocycles. The summed E-state index contributed by atoms with van der Waals surface area (Å²) in [5.41, 5.74) is 3.19. The van der Waals surface area contributed by atoms with E-state index >= 15 is 0 Å². The monoisotopic (exact) mass is 575 g/mol. The maximum absolute atomic E-state index is 14.5. The number of nitrogens with zero attached hydrogens (tertiary/aromatic N) is 1. The number of aldehydes is 1. The second kappa shape index (κ2) is 11.0. The van der Waals surface area contributed by atoms with Gasteiger partial charge in [-0.25, -0.2) is 0 Å². The van der Waals surface area contributed by atoms with Crippen LogP contribution in [0.4, 0.5) is 13.2 Å². The molecule has 40 heavy (non-hydrogen) atoms. The molecular formula is C32H44F3NO3Si. The van der Waals surface area contributed by atoms with E-state index in [-0.39, 0.29) is 40.2 Å². The second-order valence-corrected chi connectivity index (χ2v) is 18.7. The minimum absolute atomic E-state index is 0.0114. The van der Waals surface area contributed by atoms with Crippen molar-refractivity contribution >= 4 is 14.6 Å². The molecule has 4 rings (SSSR count). The van der Waals surface area contributed by atoms with Crippen LogP contribution in [0.15, 0.2) is 18.2 Å². The highest BCUT2D eigenvalue weighted by molar-refractivity contribution is 6.74. The van der Waals surface area contributed by atoms with E-state index in [9.17, 15) is 18.0 Å². The summed E-state index contributed by atoms with van der Waals surface area (Å²) in [6.07, 6.45) is 1.11. The largest absolute Gasteiger partial charge is 0.417 e. The molecule has 0 radical (unpaired) electrons. The number of pyridine rings is 1. The van der Waals surface area contributed by atoms with Gasteiger partial charge in [0.2, 0.25) is 0 Å². The minimum atomic E-state index is -4.59. The first-order valence-corrected chi connectivity index (χ1v) is 17.3. The summed E-state index contributed by atoms with van der Waals surface area (Å²) in [6, 6.07) is 3.65. The third-order valence-corrected chi connectivity index (χ3v) is 13.7. The van der Waals surface area contributed by atoms with Crippen LogP contribution in [-0.2, 0) is 28.4 Å². The molecule has 2 aliphatic rings. The number of methoxy groups -OCH3 is 1. The van der Waals surface area contributed by atoms with Crippen LogP contribution in [0.25, 0.3) is 11.1 Å². The van der Waals surface area contributed by atoms with Crippen molar-refractivity contribution in [3.05, 3.63) is 51.8 Å². The molecule has 8 heteroatoms. The van der Waals surface area contributed by atoms with Gasteiger partial charge in [0, 0.05) is 29.5 Å². The van der Waals surface area contributed by atoms with Crippen molar-refractivity contribution in [3.63, 3.8) is 0 Å². The molecule has 0 spiro atoms. The molecule has 1 atom stereocenters. The fraction of sp³-hybridized carbons (Fsp3) is 0.625. The van der Waals surface area contributed by atoms with Crippen LogP contribution in [0.3, 0.4) is 0 Å². The molecule has 2 aliphatic carbocycles. The summed E-state index contributed by atoms with van der Waals surface area (Å²) in [5.74, 6) is 0.0926. The first-order valence-electron chi connectivity index (χ1n) is 14.4. The van der Waals surface area contributed by atoms with Gasteiger partial charge in [-0.05, 0) is 78.4 Å². The normalized spacial score (nSPS) is 20.0. The van der Waals surface area contributed by atoms with E-state index in [1.165, 1.54) is 12.1 Å². The third kappa shape index (κ3) is 6.09. The Hall–Kier alpha value is -2.03. The molecule has 0 aliphatic heterocycles. The number of ether oxygens (including phenoxy) is 1. The third-order valence-electron chi connectivity index (χ3n) is 9.18. The fourth-order valence-corrected chi connectivity index (χ4v) is 7.52. The summed E-state index contributed by atoms with van der Waals surface area (Å²) >= 11 is 0. The zero-order valence-electron chi connectivity index (χ0n) is 25.2. The average Bonchev–Trinajstić information content (AvgIpc) is 3.35. The van der Waals surface area contributed by atoms with Gasteiger partial charge in [0.05, 0.1) is 24.0 Å². The molecule has 2 aromatic rings. The first-order chi connectivity index (χ1) is 18.5. The molecule has 0 saturated heterocycles. The van der Waals surface area contributed by atoms with Crippen LogP contribution in [0.5, 0.6) is 0 Å². The Bertz CT molecular complexity index is 1260. The van der Waals surface area contributed by atoms with Crippen molar-refractivity contribution in [3.8, 4) is 11.1 Å². The lowest BCUT2D eigenvalue weighted by molar-refractivity contribution is -0.137. The number of carbonyl (C=O) groups is 1. The fourth-order valence-electron chi connectivity index (χ4n) is 6.25. The van der Waals surface area contributed by atoms with Crippen LogP contribution >= 0.6 is 0 Å². The van der Waals surface area contributed by atoms with Crippen LogP contribution in [-0.4, -0.2) is 26.7 Å². The molecule has 1 aromatic heterocycles. The zero-order valence-corrected chi connectivity index (χ0v) is 26.2. The summed E-state index contributed by atoms with van der Waals surface area (Å²) < 4.78 is 56.2. The van der Waals surface area contributed by atoms with E-state index in [2.05, 4.69) is 47.7 Å². The zero-order chi connectivity index (χ0) is 29.7. The maximum atomic E-state index is 14.5. The van der Waals surface area contributed by atoms with E-state index in [0.29, 0.717) is 17.5 Å². The summed E-state index contributed by atoms with van der Waals surface area (Å²) in [7, 11) is -0.704. The van der Waals surface area contributed by atoms with Crippen molar-refractivity contribution in [2.24, 2.45) is 5.41 Å². The van der Waals surface area contributed by atoms with Gasteiger partial charge < -0.3 is 9.16 Å². The van der Waals surface area contributed by atoms with Crippen LogP contribution in [0, 0.1) is 5.41 Å². The number of hydrogen-bond donors (Lipinski definition) is 0. The second-order valence-electron chi connectivity index (χ2n) is 14.0.